The third-order valence-electron chi connectivity index (χ3n) is 3.50. The van der Waals surface area contributed by atoms with Crippen LogP contribution in [0.25, 0.3) is 0 Å². The summed E-state index contributed by atoms with van der Waals surface area (Å²) < 4.78 is 5.39. The van der Waals surface area contributed by atoms with Crippen molar-refractivity contribution in [2.24, 2.45) is 0 Å². The first-order valence-electron chi connectivity index (χ1n) is 7.05. The predicted octanol–water partition coefficient (Wildman–Crippen LogP) is 3.37. The Morgan fingerprint density at radius 1 is 1.15 bits per heavy atom. The van der Waals surface area contributed by atoms with E-state index in [1.807, 2.05) is 25.4 Å². The van der Waals surface area contributed by atoms with E-state index in [4.69, 9.17) is 4.74 Å². The summed E-state index contributed by atoms with van der Waals surface area (Å²) in [5.74, 6) is 0.853. The van der Waals surface area contributed by atoms with Crippen LogP contribution >= 0.6 is 0 Å². The fraction of sp³-hybridized carbons (Fsp3) is 0.353. The van der Waals surface area contributed by atoms with E-state index in [1.54, 1.807) is 7.11 Å². The van der Waals surface area contributed by atoms with Gasteiger partial charge in [-0.15, -0.1) is 0 Å². The molecular formula is C17H22N2O. The summed E-state index contributed by atoms with van der Waals surface area (Å²) in [6.45, 7) is 0. The molecule has 2 rings (SSSR count). The van der Waals surface area contributed by atoms with Crippen LogP contribution in [0.15, 0.2) is 48.7 Å². The van der Waals surface area contributed by atoms with Crippen LogP contribution in [-0.2, 0) is 6.42 Å². The minimum atomic E-state index is 0.231. The predicted molar refractivity (Wildman–Crippen MR) is 82.0 cm³/mol. The van der Waals surface area contributed by atoms with Crippen LogP contribution in [0.3, 0.4) is 0 Å². The maximum atomic E-state index is 5.39. The summed E-state index contributed by atoms with van der Waals surface area (Å²) >= 11 is 0. The lowest BCUT2D eigenvalue weighted by atomic mass is 10.0. The second-order valence-corrected chi connectivity index (χ2v) is 4.81. The van der Waals surface area contributed by atoms with Crippen LogP contribution in [-0.4, -0.2) is 19.1 Å². The Balaban J connectivity index is 1.95. The van der Waals surface area contributed by atoms with Crippen LogP contribution < -0.4 is 10.1 Å². The van der Waals surface area contributed by atoms with Gasteiger partial charge >= 0.3 is 0 Å². The standard InChI is InChI=1S/C17H22N2O/c1-18-15(17-16(20-2)12-7-13-19-17)11-6-10-14-8-4-3-5-9-14/h3-5,7-9,12-13,15,18H,6,10-11H2,1-2H3. The molecular weight excluding hydrogens is 248 g/mol. The van der Waals surface area contributed by atoms with Gasteiger partial charge in [0, 0.05) is 6.20 Å². The van der Waals surface area contributed by atoms with Crippen molar-refractivity contribution in [1.82, 2.24) is 10.3 Å². The molecule has 1 heterocycles. The van der Waals surface area contributed by atoms with Gasteiger partial charge in [-0.25, -0.2) is 0 Å². The number of rotatable bonds is 7. The molecule has 106 valence electrons. The van der Waals surface area contributed by atoms with E-state index in [1.165, 1.54) is 5.56 Å². The molecule has 1 N–H and O–H groups in total. The topological polar surface area (TPSA) is 34.2 Å². The van der Waals surface area contributed by atoms with Crippen molar-refractivity contribution >= 4 is 0 Å². The third-order valence-corrected chi connectivity index (χ3v) is 3.50. The number of nitrogens with one attached hydrogen (secondary N) is 1. The van der Waals surface area contributed by atoms with E-state index < -0.39 is 0 Å². The maximum absolute atomic E-state index is 5.39. The average Bonchev–Trinajstić information content (AvgIpc) is 2.53. The first-order valence-corrected chi connectivity index (χ1v) is 7.05. The third kappa shape index (κ3) is 3.81. The number of aromatic nitrogens is 1. The van der Waals surface area contributed by atoms with Crippen molar-refractivity contribution in [1.29, 1.82) is 0 Å². The highest BCUT2D eigenvalue weighted by Gasteiger charge is 2.15. The zero-order chi connectivity index (χ0) is 14.2. The van der Waals surface area contributed by atoms with Gasteiger partial charge < -0.3 is 10.1 Å². The Labute approximate surface area is 121 Å². The molecule has 20 heavy (non-hydrogen) atoms. The second-order valence-electron chi connectivity index (χ2n) is 4.81. The highest BCUT2D eigenvalue weighted by atomic mass is 16.5. The van der Waals surface area contributed by atoms with E-state index in [9.17, 15) is 0 Å². The highest BCUT2D eigenvalue weighted by molar-refractivity contribution is 5.29. The van der Waals surface area contributed by atoms with Crippen LogP contribution in [0.2, 0.25) is 0 Å². The van der Waals surface area contributed by atoms with Crippen molar-refractivity contribution in [3.63, 3.8) is 0 Å². The zero-order valence-corrected chi connectivity index (χ0v) is 12.2. The number of pyridine rings is 1. The average molecular weight is 270 g/mol. The fourth-order valence-corrected chi connectivity index (χ4v) is 2.41. The summed E-state index contributed by atoms with van der Waals surface area (Å²) in [4.78, 5) is 4.46. The number of nitrogens with zero attached hydrogens (tertiary/aromatic N) is 1. The zero-order valence-electron chi connectivity index (χ0n) is 12.2. The van der Waals surface area contributed by atoms with Gasteiger partial charge in [-0.3, -0.25) is 4.98 Å². The normalized spacial score (nSPS) is 12.1. The number of ether oxygens (including phenoxy) is 1. The van der Waals surface area contributed by atoms with E-state index >= 15 is 0 Å². The summed E-state index contributed by atoms with van der Waals surface area (Å²) in [5, 5.41) is 3.34. The largest absolute Gasteiger partial charge is 0.495 e. The number of benzene rings is 1. The molecule has 3 heteroatoms. The van der Waals surface area contributed by atoms with Crippen molar-refractivity contribution in [3.05, 3.63) is 59.9 Å². The fourth-order valence-electron chi connectivity index (χ4n) is 2.41. The molecule has 1 aromatic carbocycles. The van der Waals surface area contributed by atoms with E-state index in [0.29, 0.717) is 0 Å². The Bertz CT molecular complexity index is 513. The molecule has 0 amide bonds. The number of hydrogen-bond acceptors (Lipinski definition) is 3. The molecule has 1 atom stereocenters. The maximum Gasteiger partial charge on any atom is 0.141 e. The van der Waals surface area contributed by atoms with Gasteiger partial charge in [0.1, 0.15) is 5.75 Å². The Hall–Kier alpha value is -1.87. The quantitative estimate of drug-likeness (QED) is 0.837. The lowest BCUT2D eigenvalue weighted by molar-refractivity contribution is 0.392. The molecule has 3 nitrogen and oxygen atoms in total. The molecule has 0 radical (unpaired) electrons. The number of methoxy groups -OCH3 is 1. The summed E-state index contributed by atoms with van der Waals surface area (Å²) in [7, 11) is 3.67. The van der Waals surface area contributed by atoms with Gasteiger partial charge in [-0.2, -0.15) is 0 Å². The number of hydrogen-bond donors (Lipinski definition) is 1. The SMILES string of the molecule is CNC(CCCc1ccccc1)c1ncccc1OC. The molecule has 0 saturated carbocycles. The van der Waals surface area contributed by atoms with Gasteiger partial charge in [0.25, 0.3) is 0 Å². The number of aryl methyl sites for hydroxylation is 1. The van der Waals surface area contributed by atoms with Crippen LogP contribution in [0, 0.1) is 0 Å². The van der Waals surface area contributed by atoms with E-state index in [-0.39, 0.29) is 6.04 Å². The highest BCUT2D eigenvalue weighted by Crippen LogP contribution is 2.25. The summed E-state index contributed by atoms with van der Waals surface area (Å²) in [6.07, 6.45) is 5.07. The van der Waals surface area contributed by atoms with Crippen LogP contribution in [0.1, 0.15) is 30.1 Å². The van der Waals surface area contributed by atoms with Crippen LogP contribution in [0.5, 0.6) is 5.75 Å². The lowest BCUT2D eigenvalue weighted by Gasteiger charge is -2.18. The monoisotopic (exact) mass is 270 g/mol. The first-order chi connectivity index (χ1) is 9.85. The Kier molecular flexibility index (Phi) is 5.56. The molecule has 0 aliphatic heterocycles. The molecule has 2 aromatic rings. The van der Waals surface area contributed by atoms with Crippen molar-refractivity contribution in [3.8, 4) is 5.75 Å². The Morgan fingerprint density at radius 3 is 2.65 bits per heavy atom. The van der Waals surface area contributed by atoms with Crippen molar-refractivity contribution in [2.45, 2.75) is 25.3 Å². The molecule has 0 bridgehead atoms. The van der Waals surface area contributed by atoms with Crippen molar-refractivity contribution < 1.29 is 4.74 Å². The lowest BCUT2D eigenvalue weighted by Crippen LogP contribution is -2.18. The van der Waals surface area contributed by atoms with Gasteiger partial charge in [0.15, 0.2) is 0 Å². The second kappa shape index (κ2) is 7.65. The minimum absolute atomic E-state index is 0.231. The summed E-state index contributed by atoms with van der Waals surface area (Å²) in [6, 6.07) is 14.7. The molecule has 0 fully saturated rings. The smallest absolute Gasteiger partial charge is 0.141 e. The van der Waals surface area contributed by atoms with E-state index in [0.717, 1.165) is 30.7 Å². The molecule has 0 spiro atoms. The molecule has 0 aliphatic carbocycles. The van der Waals surface area contributed by atoms with Crippen molar-refractivity contribution in [2.75, 3.05) is 14.2 Å². The molecule has 0 saturated heterocycles. The van der Waals surface area contributed by atoms with E-state index in [2.05, 4.69) is 40.6 Å². The first kappa shape index (κ1) is 14.5. The molecule has 0 aliphatic rings. The summed E-state index contributed by atoms with van der Waals surface area (Å²) in [5.41, 5.74) is 2.38. The van der Waals surface area contributed by atoms with Gasteiger partial charge in [0.2, 0.25) is 0 Å². The van der Waals surface area contributed by atoms with Gasteiger partial charge in [-0.1, -0.05) is 30.3 Å². The van der Waals surface area contributed by atoms with Gasteiger partial charge in [0.05, 0.1) is 18.8 Å². The molecule has 1 aromatic heterocycles. The minimum Gasteiger partial charge on any atom is -0.495 e. The van der Waals surface area contributed by atoms with Crippen LogP contribution in [0.4, 0.5) is 0 Å². The Morgan fingerprint density at radius 2 is 1.95 bits per heavy atom. The van der Waals surface area contributed by atoms with Gasteiger partial charge in [-0.05, 0) is 44.0 Å². The molecule has 1 unspecified atom stereocenters.